The first kappa shape index (κ1) is 9.45. The molecule has 0 radical (unpaired) electrons. The van der Waals surface area contributed by atoms with Gasteiger partial charge in [0.05, 0.1) is 0 Å². The lowest BCUT2D eigenvalue weighted by molar-refractivity contribution is 0.534. The fourth-order valence-electron chi connectivity index (χ4n) is 1.89. The lowest BCUT2D eigenvalue weighted by atomic mass is 9.88. The zero-order valence-electron chi connectivity index (χ0n) is 8.46. The molecule has 2 rings (SSSR count). The van der Waals surface area contributed by atoms with E-state index in [0.717, 1.165) is 18.8 Å². The molecule has 0 spiro atoms. The van der Waals surface area contributed by atoms with Gasteiger partial charge in [-0.05, 0) is 48.4 Å². The van der Waals surface area contributed by atoms with Crippen LogP contribution in [-0.2, 0) is 0 Å². The van der Waals surface area contributed by atoms with Crippen LogP contribution in [0.3, 0.4) is 0 Å². The van der Waals surface area contributed by atoms with Crippen LogP contribution in [0.1, 0.15) is 31.7 Å². The number of halogens is 1. The minimum atomic E-state index is -0.154. The van der Waals surface area contributed by atoms with Crippen molar-refractivity contribution < 1.29 is 4.39 Å². The molecule has 14 heavy (non-hydrogen) atoms. The number of hydrogen-bond acceptors (Lipinski definition) is 0. The Kier molecular flexibility index (Phi) is 2.67. The predicted molar refractivity (Wildman–Crippen MR) is 57.4 cm³/mol. The molecule has 0 bridgehead atoms. The second kappa shape index (κ2) is 3.95. The van der Waals surface area contributed by atoms with Gasteiger partial charge in [-0.25, -0.2) is 4.39 Å². The molecule has 1 heteroatoms. The standard InChI is InChI=1S/C13H15F/c1-10-2-4-11(5-3-10)12-6-8-13(14)9-7-12/h4,6-10H,2-3,5H2,1H3. The van der Waals surface area contributed by atoms with Crippen LogP contribution in [0.5, 0.6) is 0 Å². The molecular weight excluding hydrogens is 175 g/mol. The normalized spacial score (nSPS) is 21.9. The highest BCUT2D eigenvalue weighted by atomic mass is 19.1. The van der Waals surface area contributed by atoms with E-state index in [2.05, 4.69) is 13.0 Å². The molecule has 0 amide bonds. The van der Waals surface area contributed by atoms with Gasteiger partial charge < -0.3 is 0 Å². The summed E-state index contributed by atoms with van der Waals surface area (Å²) in [6.45, 7) is 2.28. The van der Waals surface area contributed by atoms with Crippen molar-refractivity contribution in [3.8, 4) is 0 Å². The maximum atomic E-state index is 12.7. The van der Waals surface area contributed by atoms with Crippen LogP contribution in [0.25, 0.3) is 5.57 Å². The van der Waals surface area contributed by atoms with E-state index in [1.165, 1.54) is 29.7 Å². The molecule has 1 aromatic carbocycles. The van der Waals surface area contributed by atoms with E-state index in [9.17, 15) is 4.39 Å². The van der Waals surface area contributed by atoms with Gasteiger partial charge in [-0.15, -0.1) is 0 Å². The Morgan fingerprint density at radius 1 is 1.21 bits per heavy atom. The molecule has 1 aliphatic carbocycles. The largest absolute Gasteiger partial charge is 0.207 e. The highest BCUT2D eigenvalue weighted by molar-refractivity contribution is 5.66. The molecule has 0 nitrogen and oxygen atoms in total. The van der Waals surface area contributed by atoms with E-state index >= 15 is 0 Å². The summed E-state index contributed by atoms with van der Waals surface area (Å²) in [6.07, 6.45) is 5.84. The second-order valence-electron chi connectivity index (χ2n) is 4.12. The molecule has 0 aromatic heterocycles. The fourth-order valence-corrected chi connectivity index (χ4v) is 1.89. The molecule has 74 valence electrons. The Labute approximate surface area is 84.5 Å². The van der Waals surface area contributed by atoms with E-state index < -0.39 is 0 Å². The van der Waals surface area contributed by atoms with Crippen LogP contribution in [0.15, 0.2) is 30.3 Å². The molecule has 0 fully saturated rings. The lowest BCUT2D eigenvalue weighted by Gasteiger charge is -2.18. The van der Waals surface area contributed by atoms with Crippen LogP contribution in [-0.4, -0.2) is 0 Å². The van der Waals surface area contributed by atoms with Crippen molar-refractivity contribution in [2.45, 2.75) is 26.2 Å². The molecule has 1 aliphatic rings. The zero-order valence-corrected chi connectivity index (χ0v) is 8.46. The second-order valence-corrected chi connectivity index (χ2v) is 4.12. The maximum absolute atomic E-state index is 12.7. The quantitative estimate of drug-likeness (QED) is 0.627. The van der Waals surface area contributed by atoms with Crippen molar-refractivity contribution in [1.82, 2.24) is 0 Å². The molecule has 0 N–H and O–H groups in total. The van der Waals surface area contributed by atoms with Gasteiger partial charge in [-0.2, -0.15) is 0 Å². The smallest absolute Gasteiger partial charge is 0.123 e. The van der Waals surface area contributed by atoms with Crippen LogP contribution < -0.4 is 0 Å². The number of hydrogen-bond donors (Lipinski definition) is 0. The molecular formula is C13H15F. The molecule has 0 heterocycles. The van der Waals surface area contributed by atoms with Crippen molar-refractivity contribution >= 4 is 5.57 Å². The monoisotopic (exact) mass is 190 g/mol. The van der Waals surface area contributed by atoms with Crippen LogP contribution in [0.4, 0.5) is 4.39 Å². The van der Waals surface area contributed by atoms with Crippen molar-refractivity contribution in [2.75, 3.05) is 0 Å². The summed E-state index contributed by atoms with van der Waals surface area (Å²) in [5.41, 5.74) is 2.56. The van der Waals surface area contributed by atoms with Gasteiger partial charge in [0.2, 0.25) is 0 Å². The Hall–Kier alpha value is -1.11. The topological polar surface area (TPSA) is 0 Å². The average molecular weight is 190 g/mol. The summed E-state index contributed by atoms with van der Waals surface area (Å²) < 4.78 is 12.7. The van der Waals surface area contributed by atoms with Crippen molar-refractivity contribution in [1.29, 1.82) is 0 Å². The summed E-state index contributed by atoms with van der Waals surface area (Å²) in [5, 5.41) is 0. The molecule has 0 saturated heterocycles. The first-order valence-corrected chi connectivity index (χ1v) is 5.20. The Balaban J connectivity index is 2.19. The summed E-state index contributed by atoms with van der Waals surface area (Å²) in [6, 6.07) is 6.82. The fraction of sp³-hybridized carbons (Fsp3) is 0.385. The van der Waals surface area contributed by atoms with Gasteiger partial charge in [0.15, 0.2) is 0 Å². The van der Waals surface area contributed by atoms with Crippen LogP contribution >= 0.6 is 0 Å². The molecule has 0 aliphatic heterocycles. The zero-order chi connectivity index (χ0) is 9.97. The summed E-state index contributed by atoms with van der Waals surface area (Å²) in [5.74, 6) is 0.651. The minimum absolute atomic E-state index is 0.154. The first-order valence-electron chi connectivity index (χ1n) is 5.20. The van der Waals surface area contributed by atoms with Crippen molar-refractivity contribution in [2.24, 2.45) is 5.92 Å². The van der Waals surface area contributed by atoms with Crippen molar-refractivity contribution in [3.05, 3.63) is 41.7 Å². The third kappa shape index (κ3) is 2.03. The molecule has 1 unspecified atom stereocenters. The van der Waals surface area contributed by atoms with E-state index in [1.54, 1.807) is 0 Å². The number of rotatable bonds is 1. The van der Waals surface area contributed by atoms with Gasteiger partial charge in [-0.1, -0.05) is 25.1 Å². The lowest BCUT2D eigenvalue weighted by Crippen LogP contribution is -2.00. The van der Waals surface area contributed by atoms with Gasteiger partial charge in [-0.3, -0.25) is 0 Å². The number of allylic oxidation sites excluding steroid dienone is 2. The minimum Gasteiger partial charge on any atom is -0.207 e. The molecule has 1 atom stereocenters. The summed E-state index contributed by atoms with van der Waals surface area (Å²) in [7, 11) is 0. The van der Waals surface area contributed by atoms with Gasteiger partial charge >= 0.3 is 0 Å². The third-order valence-corrected chi connectivity index (χ3v) is 2.89. The highest BCUT2D eigenvalue weighted by Crippen LogP contribution is 2.29. The molecule has 1 aromatic rings. The van der Waals surface area contributed by atoms with Gasteiger partial charge in [0, 0.05) is 0 Å². The van der Waals surface area contributed by atoms with Crippen LogP contribution in [0.2, 0.25) is 0 Å². The number of benzene rings is 1. The maximum Gasteiger partial charge on any atom is 0.123 e. The SMILES string of the molecule is CC1CC=C(c2ccc(F)cc2)CC1. The summed E-state index contributed by atoms with van der Waals surface area (Å²) >= 11 is 0. The van der Waals surface area contributed by atoms with Crippen molar-refractivity contribution in [3.63, 3.8) is 0 Å². The first-order chi connectivity index (χ1) is 6.75. The van der Waals surface area contributed by atoms with Gasteiger partial charge in [0.25, 0.3) is 0 Å². The highest BCUT2D eigenvalue weighted by Gasteiger charge is 2.10. The summed E-state index contributed by atoms with van der Waals surface area (Å²) in [4.78, 5) is 0. The molecule has 0 saturated carbocycles. The van der Waals surface area contributed by atoms with E-state index in [-0.39, 0.29) is 5.82 Å². The van der Waals surface area contributed by atoms with E-state index in [1.807, 2.05) is 12.1 Å². The van der Waals surface area contributed by atoms with E-state index in [0.29, 0.717) is 0 Å². The Bertz CT molecular complexity index is 335. The Morgan fingerprint density at radius 2 is 1.93 bits per heavy atom. The predicted octanol–water partition coefficient (Wildman–Crippen LogP) is 4.03. The average Bonchev–Trinajstić information content (AvgIpc) is 2.21. The Morgan fingerprint density at radius 3 is 2.50 bits per heavy atom. The third-order valence-electron chi connectivity index (χ3n) is 2.89. The van der Waals surface area contributed by atoms with Gasteiger partial charge in [0.1, 0.15) is 5.82 Å². The van der Waals surface area contributed by atoms with Crippen LogP contribution in [0, 0.1) is 11.7 Å². The van der Waals surface area contributed by atoms with E-state index in [4.69, 9.17) is 0 Å².